The van der Waals surface area contributed by atoms with Gasteiger partial charge in [0.25, 0.3) is 5.91 Å². The van der Waals surface area contributed by atoms with Crippen LogP contribution in [-0.4, -0.2) is 49.7 Å². The average Bonchev–Trinajstić information content (AvgIpc) is 3.30. The second-order valence-electron chi connectivity index (χ2n) is 7.12. The number of rotatable bonds is 5. The number of aliphatic carboxylic acids is 1. The SMILES string of the molecule is Cc1nn(C)c(C)c1-c1cc(C(=O)NCC(N)c2ccc(F)cc2F)[nH]n1.O=C(O)C(F)(F)F. The van der Waals surface area contributed by atoms with Crippen LogP contribution in [0.5, 0.6) is 0 Å². The normalized spacial score (nSPS) is 12.0. The number of alkyl halides is 3. The maximum absolute atomic E-state index is 13.8. The molecular formula is C20H21F5N6O3. The number of nitrogens with two attached hydrogens (primary N) is 1. The van der Waals surface area contributed by atoms with E-state index in [9.17, 15) is 26.7 Å². The van der Waals surface area contributed by atoms with Crippen molar-refractivity contribution in [2.75, 3.05) is 6.54 Å². The van der Waals surface area contributed by atoms with Gasteiger partial charge in [0, 0.05) is 36.5 Å². The summed E-state index contributed by atoms with van der Waals surface area (Å²) in [5.74, 6) is -4.61. The van der Waals surface area contributed by atoms with Crippen LogP contribution in [0.2, 0.25) is 0 Å². The molecule has 0 radical (unpaired) electrons. The Labute approximate surface area is 189 Å². The van der Waals surface area contributed by atoms with Gasteiger partial charge < -0.3 is 16.2 Å². The van der Waals surface area contributed by atoms with E-state index in [1.807, 2.05) is 20.9 Å². The lowest BCUT2D eigenvalue weighted by Gasteiger charge is -2.13. The van der Waals surface area contributed by atoms with E-state index in [4.69, 9.17) is 15.6 Å². The summed E-state index contributed by atoms with van der Waals surface area (Å²) in [4.78, 5) is 21.2. The number of hydrogen-bond donors (Lipinski definition) is 4. The van der Waals surface area contributed by atoms with Gasteiger partial charge in [-0.3, -0.25) is 14.6 Å². The van der Waals surface area contributed by atoms with Gasteiger partial charge in [-0.15, -0.1) is 0 Å². The van der Waals surface area contributed by atoms with Crippen molar-refractivity contribution in [3.05, 3.63) is 58.5 Å². The van der Waals surface area contributed by atoms with Crippen molar-refractivity contribution in [3.8, 4) is 11.3 Å². The summed E-state index contributed by atoms with van der Waals surface area (Å²) in [5.41, 5.74) is 9.48. The molecular weight excluding hydrogens is 467 g/mol. The molecule has 3 aromatic rings. The topological polar surface area (TPSA) is 139 Å². The summed E-state index contributed by atoms with van der Waals surface area (Å²) in [6.45, 7) is 3.77. The Kier molecular flexibility index (Phi) is 8.10. The van der Waals surface area contributed by atoms with Gasteiger partial charge in [0.1, 0.15) is 17.3 Å². The van der Waals surface area contributed by atoms with Crippen molar-refractivity contribution in [1.29, 1.82) is 0 Å². The summed E-state index contributed by atoms with van der Waals surface area (Å²) >= 11 is 0. The zero-order valence-corrected chi connectivity index (χ0v) is 18.2. The Morgan fingerprint density at radius 1 is 1.24 bits per heavy atom. The van der Waals surface area contributed by atoms with Crippen molar-refractivity contribution in [2.45, 2.75) is 26.1 Å². The van der Waals surface area contributed by atoms with E-state index in [2.05, 4.69) is 20.6 Å². The van der Waals surface area contributed by atoms with Crippen molar-refractivity contribution < 1.29 is 36.6 Å². The monoisotopic (exact) mass is 488 g/mol. The lowest BCUT2D eigenvalue weighted by atomic mass is 10.1. The fourth-order valence-electron chi connectivity index (χ4n) is 2.92. The number of benzene rings is 1. The molecule has 184 valence electrons. The fraction of sp³-hybridized carbons (Fsp3) is 0.300. The maximum atomic E-state index is 13.8. The first kappa shape index (κ1) is 26.4. The van der Waals surface area contributed by atoms with Gasteiger partial charge in [-0.2, -0.15) is 23.4 Å². The number of carboxylic acid groups (broad SMARTS) is 1. The molecule has 1 amide bonds. The summed E-state index contributed by atoms with van der Waals surface area (Å²) < 4.78 is 60.2. The molecule has 2 aromatic heterocycles. The molecule has 9 nitrogen and oxygen atoms in total. The predicted octanol–water partition coefficient (Wildman–Crippen LogP) is 2.77. The van der Waals surface area contributed by atoms with Gasteiger partial charge in [-0.25, -0.2) is 13.6 Å². The van der Waals surface area contributed by atoms with Crippen molar-refractivity contribution in [1.82, 2.24) is 25.3 Å². The Hall–Kier alpha value is -3.81. The molecule has 0 aliphatic carbocycles. The van der Waals surface area contributed by atoms with E-state index in [-0.39, 0.29) is 17.8 Å². The summed E-state index contributed by atoms with van der Waals surface area (Å²) in [7, 11) is 1.84. The van der Waals surface area contributed by atoms with E-state index >= 15 is 0 Å². The molecule has 34 heavy (non-hydrogen) atoms. The molecule has 1 atom stereocenters. The summed E-state index contributed by atoms with van der Waals surface area (Å²) in [6.07, 6.45) is -5.08. The number of carbonyl (C=O) groups excluding carboxylic acids is 1. The molecule has 0 spiro atoms. The number of carboxylic acids is 1. The Morgan fingerprint density at radius 2 is 1.85 bits per heavy atom. The second kappa shape index (κ2) is 10.4. The van der Waals surface area contributed by atoms with Gasteiger partial charge in [0.2, 0.25) is 0 Å². The number of H-pyrrole nitrogens is 1. The number of nitrogens with one attached hydrogen (secondary N) is 2. The minimum absolute atomic E-state index is 0.0132. The predicted molar refractivity (Wildman–Crippen MR) is 110 cm³/mol. The highest BCUT2D eigenvalue weighted by molar-refractivity contribution is 5.93. The van der Waals surface area contributed by atoms with Crippen LogP contribution in [0.15, 0.2) is 24.3 Å². The first-order chi connectivity index (χ1) is 15.7. The molecule has 0 saturated heterocycles. The van der Waals surface area contributed by atoms with Crippen LogP contribution in [0.25, 0.3) is 11.3 Å². The first-order valence-corrected chi connectivity index (χ1v) is 9.57. The minimum Gasteiger partial charge on any atom is -0.475 e. The molecule has 1 unspecified atom stereocenters. The molecule has 0 fully saturated rings. The average molecular weight is 488 g/mol. The van der Waals surface area contributed by atoms with Crippen LogP contribution in [0.3, 0.4) is 0 Å². The van der Waals surface area contributed by atoms with Gasteiger partial charge in [-0.1, -0.05) is 6.07 Å². The number of aromatic amines is 1. The number of nitrogens with zero attached hydrogens (tertiary/aromatic N) is 3. The number of halogens is 5. The van der Waals surface area contributed by atoms with Crippen molar-refractivity contribution >= 4 is 11.9 Å². The van der Waals surface area contributed by atoms with Crippen LogP contribution in [0.1, 0.15) is 33.5 Å². The van der Waals surface area contributed by atoms with E-state index in [0.717, 1.165) is 29.1 Å². The van der Waals surface area contributed by atoms with E-state index < -0.39 is 35.7 Å². The standard InChI is InChI=1S/C18H20F2N6O.C2HF3O2/c1-9-17(10(2)26(3)25-9)15-7-16(24-23-15)18(27)22-8-14(21)12-5-4-11(19)6-13(12)20;3-2(4,5)1(6)7/h4-7,14H,8,21H2,1-3H3,(H,22,27)(H,23,24);(H,6,7). The highest BCUT2D eigenvalue weighted by Gasteiger charge is 2.38. The fourth-order valence-corrected chi connectivity index (χ4v) is 2.92. The van der Waals surface area contributed by atoms with Crippen LogP contribution in [0, 0.1) is 25.5 Å². The Morgan fingerprint density at radius 3 is 2.35 bits per heavy atom. The highest BCUT2D eigenvalue weighted by atomic mass is 19.4. The lowest BCUT2D eigenvalue weighted by molar-refractivity contribution is -0.192. The summed E-state index contributed by atoms with van der Waals surface area (Å²) in [6, 6.07) is 3.97. The zero-order valence-electron chi connectivity index (χ0n) is 18.2. The zero-order chi connectivity index (χ0) is 25.8. The van der Waals surface area contributed by atoms with Crippen LogP contribution in [0.4, 0.5) is 22.0 Å². The Bertz CT molecular complexity index is 1190. The molecule has 2 heterocycles. The van der Waals surface area contributed by atoms with Crippen molar-refractivity contribution in [3.63, 3.8) is 0 Å². The van der Waals surface area contributed by atoms with E-state index in [1.165, 1.54) is 6.07 Å². The molecule has 0 aliphatic rings. The molecule has 5 N–H and O–H groups in total. The smallest absolute Gasteiger partial charge is 0.475 e. The second-order valence-corrected chi connectivity index (χ2v) is 7.12. The summed E-state index contributed by atoms with van der Waals surface area (Å²) in [5, 5.41) is 20.9. The maximum Gasteiger partial charge on any atom is 0.490 e. The highest BCUT2D eigenvalue weighted by Crippen LogP contribution is 2.25. The van der Waals surface area contributed by atoms with Gasteiger partial charge in [-0.05, 0) is 26.0 Å². The lowest BCUT2D eigenvalue weighted by Crippen LogP contribution is -2.32. The molecule has 0 saturated carbocycles. The third kappa shape index (κ3) is 6.37. The van der Waals surface area contributed by atoms with Crippen LogP contribution >= 0.6 is 0 Å². The molecule has 0 aliphatic heterocycles. The third-order valence-corrected chi connectivity index (χ3v) is 4.67. The molecule has 3 rings (SSSR count). The number of hydrogen-bond acceptors (Lipinski definition) is 5. The van der Waals surface area contributed by atoms with Crippen LogP contribution < -0.4 is 11.1 Å². The van der Waals surface area contributed by atoms with Gasteiger partial charge >= 0.3 is 12.1 Å². The van der Waals surface area contributed by atoms with Gasteiger partial charge in [0.05, 0.1) is 17.4 Å². The number of carbonyl (C=O) groups is 2. The quantitative estimate of drug-likeness (QED) is 0.408. The van der Waals surface area contributed by atoms with E-state index in [1.54, 1.807) is 10.7 Å². The molecule has 1 aromatic carbocycles. The first-order valence-electron chi connectivity index (χ1n) is 9.57. The van der Waals surface area contributed by atoms with Gasteiger partial charge in [0.15, 0.2) is 0 Å². The Balaban J connectivity index is 0.000000509. The number of aromatic nitrogens is 4. The third-order valence-electron chi connectivity index (χ3n) is 4.67. The minimum atomic E-state index is -5.08. The van der Waals surface area contributed by atoms with Crippen molar-refractivity contribution in [2.24, 2.45) is 12.8 Å². The molecule has 0 bridgehead atoms. The largest absolute Gasteiger partial charge is 0.490 e. The van der Waals surface area contributed by atoms with Crippen LogP contribution in [-0.2, 0) is 11.8 Å². The van der Waals surface area contributed by atoms with E-state index in [0.29, 0.717) is 5.69 Å². The number of aryl methyl sites for hydroxylation is 2. The molecule has 14 heteroatoms. The number of amides is 1.